The third kappa shape index (κ3) is 3.72. The van der Waals surface area contributed by atoms with Crippen LogP contribution in [0.2, 0.25) is 0 Å². The summed E-state index contributed by atoms with van der Waals surface area (Å²) in [6.45, 7) is -1.05. The lowest BCUT2D eigenvalue weighted by Gasteiger charge is -2.16. The molecule has 0 spiro atoms. The zero-order valence-corrected chi connectivity index (χ0v) is 13.4. The van der Waals surface area contributed by atoms with Gasteiger partial charge in [0.25, 0.3) is 5.91 Å². The molecule has 0 saturated carbocycles. The summed E-state index contributed by atoms with van der Waals surface area (Å²) in [7, 11) is 0. The van der Waals surface area contributed by atoms with E-state index in [0.717, 1.165) is 19.3 Å². The van der Waals surface area contributed by atoms with E-state index in [9.17, 15) is 13.6 Å². The Morgan fingerprint density at radius 1 is 1.12 bits per heavy atom. The minimum Gasteiger partial charge on any atom is -0.435 e. The number of carbonyl (C=O) groups excluding carboxylic acids is 1. The molecule has 2 aromatic rings. The molecule has 0 bridgehead atoms. The Bertz CT molecular complexity index is 746. The van der Waals surface area contributed by atoms with E-state index in [2.05, 4.69) is 10.1 Å². The predicted molar refractivity (Wildman–Crippen MR) is 87.4 cm³/mol. The molecule has 3 nitrogen and oxygen atoms in total. The van der Waals surface area contributed by atoms with E-state index in [1.54, 1.807) is 12.1 Å². The molecule has 1 N–H and O–H groups in total. The molecule has 0 saturated heterocycles. The second kappa shape index (κ2) is 6.99. The van der Waals surface area contributed by atoms with Gasteiger partial charge in [-0.1, -0.05) is 18.2 Å². The first-order valence-electron chi connectivity index (χ1n) is 8.00. The predicted octanol–water partition coefficient (Wildman–Crippen LogP) is 4.27. The van der Waals surface area contributed by atoms with Gasteiger partial charge in [0.1, 0.15) is 5.75 Å². The Balaban J connectivity index is 1.70. The molecule has 1 unspecified atom stereocenters. The fourth-order valence-electron chi connectivity index (χ4n) is 3.04. The summed E-state index contributed by atoms with van der Waals surface area (Å²) in [4.78, 5) is 12.4. The number of aryl methyl sites for hydroxylation is 2. The standard InChI is InChI=1S/C19H19F2NO2/c1-12(14-5-3-7-17(11-14)24-19(20)21)22-18(23)16-9-8-13-4-2-6-15(13)10-16/h3,5,7-12,19H,2,4,6H2,1H3,(H,22,23). The molecule has 1 aliphatic rings. The largest absolute Gasteiger partial charge is 0.435 e. The van der Waals surface area contributed by atoms with Gasteiger partial charge in [-0.3, -0.25) is 4.79 Å². The maximum absolute atomic E-state index is 12.4. The zero-order valence-electron chi connectivity index (χ0n) is 13.4. The first kappa shape index (κ1) is 16.4. The number of nitrogens with one attached hydrogen (secondary N) is 1. The van der Waals surface area contributed by atoms with E-state index in [0.29, 0.717) is 11.1 Å². The van der Waals surface area contributed by atoms with Crippen molar-refractivity contribution in [2.75, 3.05) is 0 Å². The summed E-state index contributed by atoms with van der Waals surface area (Å²) in [5, 5.41) is 2.90. The number of ether oxygens (including phenoxy) is 1. The van der Waals surface area contributed by atoms with Gasteiger partial charge in [0.2, 0.25) is 0 Å². The molecule has 0 aromatic heterocycles. The van der Waals surface area contributed by atoms with Crippen molar-refractivity contribution in [3.63, 3.8) is 0 Å². The third-order valence-electron chi connectivity index (χ3n) is 4.29. The zero-order chi connectivity index (χ0) is 17.1. The lowest BCUT2D eigenvalue weighted by molar-refractivity contribution is -0.0499. The molecular weight excluding hydrogens is 312 g/mol. The van der Waals surface area contributed by atoms with E-state index in [1.807, 2.05) is 25.1 Å². The Labute approximate surface area is 139 Å². The van der Waals surface area contributed by atoms with Gasteiger partial charge < -0.3 is 10.1 Å². The van der Waals surface area contributed by atoms with Crippen LogP contribution in [0.25, 0.3) is 0 Å². The molecule has 126 valence electrons. The summed E-state index contributed by atoms with van der Waals surface area (Å²) in [5.74, 6) is -0.0847. The SMILES string of the molecule is CC(NC(=O)c1ccc2c(c1)CCC2)c1cccc(OC(F)F)c1. The van der Waals surface area contributed by atoms with Gasteiger partial charge in [-0.25, -0.2) is 0 Å². The van der Waals surface area contributed by atoms with Gasteiger partial charge >= 0.3 is 6.61 Å². The Morgan fingerprint density at radius 3 is 2.71 bits per heavy atom. The molecule has 0 fully saturated rings. The van der Waals surface area contributed by atoms with E-state index < -0.39 is 6.61 Å². The minimum absolute atomic E-state index is 0.0844. The monoisotopic (exact) mass is 331 g/mol. The van der Waals surface area contributed by atoms with Gasteiger partial charge in [-0.2, -0.15) is 8.78 Å². The first-order valence-corrected chi connectivity index (χ1v) is 8.00. The molecule has 1 aliphatic carbocycles. The van der Waals surface area contributed by atoms with Gasteiger partial charge in [0.05, 0.1) is 6.04 Å². The molecule has 0 radical (unpaired) electrons. The number of fused-ring (bicyclic) bond motifs is 1. The average molecular weight is 331 g/mol. The summed E-state index contributed by atoms with van der Waals surface area (Å²) in [6, 6.07) is 11.9. The van der Waals surface area contributed by atoms with Gasteiger partial charge in [-0.15, -0.1) is 0 Å². The summed E-state index contributed by atoms with van der Waals surface area (Å²) in [6.07, 6.45) is 3.22. The van der Waals surface area contributed by atoms with Crippen molar-refractivity contribution in [3.8, 4) is 5.75 Å². The van der Waals surface area contributed by atoms with Crippen LogP contribution in [-0.2, 0) is 12.8 Å². The summed E-state index contributed by atoms with van der Waals surface area (Å²) >= 11 is 0. The fourth-order valence-corrected chi connectivity index (χ4v) is 3.04. The topological polar surface area (TPSA) is 38.3 Å². The van der Waals surface area contributed by atoms with Crippen molar-refractivity contribution >= 4 is 5.91 Å². The molecule has 0 aliphatic heterocycles. The highest BCUT2D eigenvalue weighted by atomic mass is 19.3. The van der Waals surface area contributed by atoms with Crippen LogP contribution < -0.4 is 10.1 Å². The summed E-state index contributed by atoms with van der Waals surface area (Å²) in [5.41, 5.74) is 3.89. The van der Waals surface area contributed by atoms with Crippen LogP contribution in [0, 0.1) is 0 Å². The molecular formula is C19H19F2NO2. The lowest BCUT2D eigenvalue weighted by Crippen LogP contribution is -2.26. The Kier molecular flexibility index (Phi) is 4.79. The van der Waals surface area contributed by atoms with Crippen molar-refractivity contribution in [2.24, 2.45) is 0 Å². The number of benzene rings is 2. The van der Waals surface area contributed by atoms with Crippen molar-refractivity contribution in [3.05, 3.63) is 64.7 Å². The van der Waals surface area contributed by atoms with E-state index in [4.69, 9.17) is 0 Å². The van der Waals surface area contributed by atoms with Gasteiger partial charge in [0.15, 0.2) is 0 Å². The van der Waals surface area contributed by atoms with Crippen molar-refractivity contribution in [1.82, 2.24) is 5.32 Å². The number of halogens is 2. The number of rotatable bonds is 5. The Morgan fingerprint density at radius 2 is 1.92 bits per heavy atom. The van der Waals surface area contributed by atoms with Gasteiger partial charge in [-0.05, 0) is 67.1 Å². The Hall–Kier alpha value is -2.43. The summed E-state index contributed by atoms with van der Waals surface area (Å²) < 4.78 is 29.0. The van der Waals surface area contributed by atoms with Crippen LogP contribution in [-0.4, -0.2) is 12.5 Å². The maximum atomic E-state index is 12.4. The van der Waals surface area contributed by atoms with E-state index in [1.165, 1.54) is 23.3 Å². The highest BCUT2D eigenvalue weighted by Gasteiger charge is 2.16. The lowest BCUT2D eigenvalue weighted by atomic mass is 10.0. The van der Waals surface area contributed by atoms with Crippen molar-refractivity contribution in [2.45, 2.75) is 38.8 Å². The average Bonchev–Trinajstić information content (AvgIpc) is 3.02. The van der Waals surface area contributed by atoms with E-state index >= 15 is 0 Å². The van der Waals surface area contributed by atoms with Crippen molar-refractivity contribution in [1.29, 1.82) is 0 Å². The van der Waals surface area contributed by atoms with Crippen molar-refractivity contribution < 1.29 is 18.3 Å². The molecule has 2 aromatic carbocycles. The second-order valence-electron chi connectivity index (χ2n) is 5.98. The molecule has 24 heavy (non-hydrogen) atoms. The van der Waals surface area contributed by atoms with Crippen LogP contribution in [0.4, 0.5) is 8.78 Å². The molecule has 5 heteroatoms. The number of amides is 1. The minimum atomic E-state index is -2.86. The fraction of sp³-hybridized carbons (Fsp3) is 0.316. The highest BCUT2D eigenvalue weighted by molar-refractivity contribution is 5.94. The normalized spacial score (nSPS) is 14.3. The van der Waals surface area contributed by atoms with Crippen LogP contribution >= 0.6 is 0 Å². The van der Waals surface area contributed by atoms with Crippen LogP contribution in [0.15, 0.2) is 42.5 Å². The first-order chi connectivity index (χ1) is 11.5. The molecule has 1 amide bonds. The number of hydrogen-bond acceptors (Lipinski definition) is 2. The molecule has 3 rings (SSSR count). The van der Waals surface area contributed by atoms with Crippen LogP contribution in [0.3, 0.4) is 0 Å². The van der Waals surface area contributed by atoms with Crippen LogP contribution in [0.1, 0.15) is 46.4 Å². The number of carbonyl (C=O) groups is 1. The highest BCUT2D eigenvalue weighted by Crippen LogP contribution is 2.24. The number of alkyl halides is 2. The third-order valence-corrected chi connectivity index (χ3v) is 4.29. The quantitative estimate of drug-likeness (QED) is 0.889. The van der Waals surface area contributed by atoms with E-state index in [-0.39, 0.29) is 17.7 Å². The smallest absolute Gasteiger partial charge is 0.387 e. The van der Waals surface area contributed by atoms with Crippen LogP contribution in [0.5, 0.6) is 5.75 Å². The molecule has 1 atom stereocenters. The second-order valence-corrected chi connectivity index (χ2v) is 5.98. The number of hydrogen-bond donors (Lipinski definition) is 1. The maximum Gasteiger partial charge on any atom is 0.387 e. The van der Waals surface area contributed by atoms with Gasteiger partial charge in [0, 0.05) is 5.56 Å². The molecule has 0 heterocycles.